The second-order valence-corrected chi connectivity index (χ2v) is 5.23. The molecule has 2 heterocycles. The molecule has 1 aromatic rings. The Kier molecular flexibility index (Phi) is 4.92. The molecule has 2 atom stereocenters. The van der Waals surface area contributed by atoms with E-state index in [1.807, 2.05) is 18.2 Å². The zero-order valence-corrected chi connectivity index (χ0v) is 12.6. The lowest BCUT2D eigenvalue weighted by Gasteiger charge is -2.21. The number of hydrogen-bond acceptors (Lipinski definition) is 5. The summed E-state index contributed by atoms with van der Waals surface area (Å²) in [5, 5.41) is 12.5. The van der Waals surface area contributed by atoms with Gasteiger partial charge in [0.25, 0.3) is 0 Å². The molecule has 7 heteroatoms. The summed E-state index contributed by atoms with van der Waals surface area (Å²) >= 11 is 0. The maximum absolute atomic E-state index is 12.2. The Bertz CT molecular complexity index is 526. The molecule has 116 valence electrons. The highest BCUT2D eigenvalue weighted by Gasteiger charge is 2.30. The minimum absolute atomic E-state index is 0. The molecule has 3 rings (SSSR count). The van der Waals surface area contributed by atoms with Crippen molar-refractivity contribution in [1.82, 2.24) is 10.2 Å². The number of hydrogen-bond donors (Lipinski definition) is 2. The van der Waals surface area contributed by atoms with E-state index < -0.39 is 6.10 Å². The van der Waals surface area contributed by atoms with Gasteiger partial charge in [0.05, 0.1) is 12.1 Å². The average molecular weight is 315 g/mol. The number of aliphatic hydroxyl groups is 1. The molecule has 0 bridgehead atoms. The number of benzene rings is 1. The van der Waals surface area contributed by atoms with Crippen LogP contribution in [-0.4, -0.2) is 48.4 Å². The lowest BCUT2D eigenvalue weighted by molar-refractivity contribution is -0.132. The second kappa shape index (κ2) is 6.51. The quantitative estimate of drug-likeness (QED) is 0.851. The molecule has 6 nitrogen and oxygen atoms in total. The molecular weight excluding hydrogens is 296 g/mol. The fourth-order valence-corrected chi connectivity index (χ4v) is 2.56. The molecule has 0 aliphatic carbocycles. The summed E-state index contributed by atoms with van der Waals surface area (Å²) in [4.78, 5) is 13.9. The van der Waals surface area contributed by atoms with E-state index in [1.165, 1.54) is 0 Å². The first-order valence-electron chi connectivity index (χ1n) is 6.68. The Hall–Kier alpha value is -1.50. The minimum Gasteiger partial charge on any atom is -0.454 e. The van der Waals surface area contributed by atoms with Gasteiger partial charge in [0.1, 0.15) is 0 Å². The highest BCUT2D eigenvalue weighted by Crippen LogP contribution is 2.32. The van der Waals surface area contributed by atoms with Gasteiger partial charge in [-0.25, -0.2) is 0 Å². The Morgan fingerprint density at radius 2 is 2.19 bits per heavy atom. The number of fused-ring (bicyclic) bond motifs is 1. The molecule has 1 amide bonds. The Labute approximate surface area is 129 Å². The number of aliphatic hydroxyl groups excluding tert-OH is 1. The van der Waals surface area contributed by atoms with Gasteiger partial charge in [-0.3, -0.25) is 4.79 Å². The van der Waals surface area contributed by atoms with Crippen molar-refractivity contribution in [1.29, 1.82) is 0 Å². The predicted molar refractivity (Wildman–Crippen MR) is 78.7 cm³/mol. The van der Waals surface area contributed by atoms with Crippen LogP contribution in [0.15, 0.2) is 18.2 Å². The zero-order valence-electron chi connectivity index (χ0n) is 11.7. The normalized spacial score (nSPS) is 22.8. The van der Waals surface area contributed by atoms with E-state index in [0.29, 0.717) is 19.5 Å². The molecule has 0 aromatic heterocycles. The SMILES string of the molecule is CN(Cc1ccc2c(c1)OCO2)C(=O)C1CC(O)CN1.Cl. The first kappa shape index (κ1) is 15.9. The van der Waals surface area contributed by atoms with Crippen molar-refractivity contribution in [2.75, 3.05) is 20.4 Å². The monoisotopic (exact) mass is 314 g/mol. The van der Waals surface area contributed by atoms with E-state index in [1.54, 1.807) is 11.9 Å². The first-order valence-corrected chi connectivity index (χ1v) is 6.68. The number of nitrogens with zero attached hydrogens (tertiary/aromatic N) is 1. The molecule has 1 fully saturated rings. The summed E-state index contributed by atoms with van der Waals surface area (Å²) in [6.07, 6.45) is 0.0486. The third kappa shape index (κ3) is 3.40. The molecule has 1 aromatic carbocycles. The van der Waals surface area contributed by atoms with Gasteiger partial charge < -0.3 is 24.8 Å². The van der Waals surface area contributed by atoms with Crippen molar-refractivity contribution in [3.8, 4) is 11.5 Å². The van der Waals surface area contributed by atoms with Crippen LogP contribution in [-0.2, 0) is 11.3 Å². The number of likely N-dealkylation sites (N-methyl/N-ethyl adjacent to an activating group) is 1. The van der Waals surface area contributed by atoms with Crippen molar-refractivity contribution in [3.05, 3.63) is 23.8 Å². The van der Waals surface area contributed by atoms with Gasteiger partial charge in [0, 0.05) is 20.1 Å². The summed E-state index contributed by atoms with van der Waals surface area (Å²) in [6, 6.07) is 5.38. The van der Waals surface area contributed by atoms with Gasteiger partial charge in [0.2, 0.25) is 12.7 Å². The van der Waals surface area contributed by atoms with E-state index in [9.17, 15) is 9.90 Å². The number of amides is 1. The summed E-state index contributed by atoms with van der Waals surface area (Å²) in [6.45, 7) is 1.23. The summed E-state index contributed by atoms with van der Waals surface area (Å²) in [7, 11) is 1.76. The topological polar surface area (TPSA) is 71.0 Å². The third-order valence-electron chi connectivity index (χ3n) is 3.64. The summed E-state index contributed by atoms with van der Waals surface area (Å²) in [5.41, 5.74) is 0.989. The maximum atomic E-state index is 12.2. The third-order valence-corrected chi connectivity index (χ3v) is 3.64. The summed E-state index contributed by atoms with van der Waals surface area (Å²) in [5.74, 6) is 1.46. The van der Waals surface area contributed by atoms with Gasteiger partial charge in [0.15, 0.2) is 11.5 Å². The van der Waals surface area contributed by atoms with E-state index in [2.05, 4.69) is 5.32 Å². The van der Waals surface area contributed by atoms with Crippen molar-refractivity contribution in [2.24, 2.45) is 0 Å². The van der Waals surface area contributed by atoms with Gasteiger partial charge in [-0.05, 0) is 24.1 Å². The Morgan fingerprint density at radius 3 is 2.90 bits per heavy atom. The lowest BCUT2D eigenvalue weighted by Crippen LogP contribution is -2.41. The number of nitrogens with one attached hydrogen (secondary N) is 1. The van der Waals surface area contributed by atoms with Crippen LogP contribution in [0.4, 0.5) is 0 Å². The maximum Gasteiger partial charge on any atom is 0.239 e. The highest BCUT2D eigenvalue weighted by molar-refractivity contribution is 5.85. The fourth-order valence-electron chi connectivity index (χ4n) is 2.56. The fraction of sp³-hybridized carbons (Fsp3) is 0.500. The molecule has 2 unspecified atom stereocenters. The molecule has 0 spiro atoms. The minimum atomic E-state index is -0.428. The van der Waals surface area contributed by atoms with Gasteiger partial charge in [-0.2, -0.15) is 0 Å². The molecule has 21 heavy (non-hydrogen) atoms. The number of β-amino-alcohol motifs (C(OH)–C–C–N with tert-alkyl or cyclic N) is 1. The molecule has 0 radical (unpaired) electrons. The number of rotatable bonds is 3. The van der Waals surface area contributed by atoms with Crippen molar-refractivity contribution in [3.63, 3.8) is 0 Å². The Morgan fingerprint density at radius 1 is 1.43 bits per heavy atom. The van der Waals surface area contributed by atoms with Gasteiger partial charge >= 0.3 is 0 Å². The average Bonchev–Trinajstić information content (AvgIpc) is 3.05. The molecule has 2 aliphatic rings. The smallest absolute Gasteiger partial charge is 0.239 e. The molecule has 2 aliphatic heterocycles. The van der Waals surface area contributed by atoms with Crippen LogP contribution in [0.2, 0.25) is 0 Å². The number of halogens is 1. The molecule has 0 saturated carbocycles. The van der Waals surface area contributed by atoms with Crippen LogP contribution in [0.25, 0.3) is 0 Å². The van der Waals surface area contributed by atoms with Crippen LogP contribution >= 0.6 is 12.4 Å². The number of carbonyl (C=O) groups is 1. The van der Waals surface area contributed by atoms with Crippen LogP contribution in [0.3, 0.4) is 0 Å². The number of ether oxygens (including phenoxy) is 2. The molecule has 2 N–H and O–H groups in total. The molecule has 1 saturated heterocycles. The summed E-state index contributed by atoms with van der Waals surface area (Å²) < 4.78 is 10.6. The van der Waals surface area contributed by atoms with Crippen LogP contribution in [0.1, 0.15) is 12.0 Å². The zero-order chi connectivity index (χ0) is 14.1. The second-order valence-electron chi connectivity index (χ2n) is 5.23. The van der Waals surface area contributed by atoms with E-state index in [0.717, 1.165) is 17.1 Å². The first-order chi connectivity index (χ1) is 9.63. The predicted octanol–water partition coefficient (Wildman–Crippen LogP) is 0.518. The lowest BCUT2D eigenvalue weighted by atomic mass is 10.1. The Balaban J connectivity index is 0.00000161. The van der Waals surface area contributed by atoms with Crippen molar-refractivity contribution >= 4 is 18.3 Å². The number of carbonyl (C=O) groups excluding carboxylic acids is 1. The van der Waals surface area contributed by atoms with Gasteiger partial charge in [-0.1, -0.05) is 6.07 Å². The van der Waals surface area contributed by atoms with Gasteiger partial charge in [-0.15, -0.1) is 12.4 Å². The van der Waals surface area contributed by atoms with Crippen LogP contribution in [0, 0.1) is 0 Å². The van der Waals surface area contributed by atoms with E-state index >= 15 is 0 Å². The van der Waals surface area contributed by atoms with E-state index in [4.69, 9.17) is 9.47 Å². The largest absolute Gasteiger partial charge is 0.454 e. The standard InChI is InChI=1S/C14H18N2O4.ClH/c1-16(14(18)11-5-10(17)6-15-11)7-9-2-3-12-13(4-9)20-8-19-12;/h2-4,10-11,15,17H,5-8H2,1H3;1H. The van der Waals surface area contributed by atoms with Crippen LogP contribution in [0.5, 0.6) is 11.5 Å². The highest BCUT2D eigenvalue weighted by atomic mass is 35.5. The van der Waals surface area contributed by atoms with E-state index in [-0.39, 0.29) is 31.1 Å². The van der Waals surface area contributed by atoms with Crippen molar-refractivity contribution < 1.29 is 19.4 Å². The molecular formula is C14H19ClN2O4. The van der Waals surface area contributed by atoms with Crippen molar-refractivity contribution in [2.45, 2.75) is 25.1 Å². The van der Waals surface area contributed by atoms with Crippen LogP contribution < -0.4 is 14.8 Å².